The molecule has 2 atom stereocenters. The Labute approximate surface area is 149 Å². The highest BCUT2D eigenvalue weighted by atomic mass is 32.2. The van der Waals surface area contributed by atoms with Gasteiger partial charge in [-0.25, -0.2) is 4.79 Å². The first-order valence-corrected chi connectivity index (χ1v) is 10.2. The average Bonchev–Trinajstić information content (AvgIpc) is 2.63. The van der Waals surface area contributed by atoms with E-state index in [4.69, 9.17) is 0 Å². The first-order valence-electron chi connectivity index (χ1n) is 8.95. The fraction of sp³-hybridized carbons (Fsp3) is 0.667. The number of nitrogens with zero attached hydrogens (tertiary/aromatic N) is 3. The maximum Gasteiger partial charge on any atom is 0.317 e. The van der Waals surface area contributed by atoms with E-state index in [9.17, 15) is 4.79 Å². The van der Waals surface area contributed by atoms with Crippen molar-refractivity contribution in [1.82, 2.24) is 20.1 Å². The van der Waals surface area contributed by atoms with E-state index >= 15 is 0 Å². The predicted molar refractivity (Wildman–Crippen MR) is 99.2 cm³/mol. The van der Waals surface area contributed by atoms with Crippen molar-refractivity contribution in [3.8, 4) is 0 Å². The van der Waals surface area contributed by atoms with Crippen molar-refractivity contribution in [1.29, 1.82) is 0 Å². The average molecular weight is 349 g/mol. The van der Waals surface area contributed by atoms with E-state index in [0.717, 1.165) is 51.3 Å². The number of piperazine rings is 1. The second-order valence-corrected chi connectivity index (χ2v) is 7.89. The summed E-state index contributed by atoms with van der Waals surface area (Å²) in [5.41, 5.74) is 1.10. The molecule has 1 N–H and O–H groups in total. The molecule has 0 aromatic carbocycles. The molecular weight excluding hydrogens is 320 g/mol. The lowest BCUT2D eigenvalue weighted by molar-refractivity contribution is 0.131. The standard InChI is InChI=1S/C18H28N4OS/c1-24-17-7-4-6-15(13-17)20-18(23)22-11-9-21(10-12-22)14-16-5-2-3-8-19-16/h2-3,5,8,15,17H,4,6-7,9-14H2,1H3,(H,20,23)/t15-,17-/m1/s1. The van der Waals surface area contributed by atoms with Crippen molar-refractivity contribution in [3.05, 3.63) is 30.1 Å². The molecule has 2 amide bonds. The molecule has 3 rings (SSSR count). The number of amides is 2. The highest BCUT2D eigenvalue weighted by molar-refractivity contribution is 7.99. The summed E-state index contributed by atoms with van der Waals surface area (Å²) in [4.78, 5) is 21.2. The van der Waals surface area contributed by atoms with Crippen molar-refractivity contribution >= 4 is 17.8 Å². The van der Waals surface area contributed by atoms with Crippen LogP contribution >= 0.6 is 11.8 Å². The molecule has 0 spiro atoms. The Morgan fingerprint density at radius 3 is 2.83 bits per heavy atom. The smallest absolute Gasteiger partial charge is 0.317 e. The Hall–Kier alpha value is -1.27. The van der Waals surface area contributed by atoms with Crippen molar-refractivity contribution in [2.75, 3.05) is 32.4 Å². The Morgan fingerprint density at radius 1 is 1.29 bits per heavy atom. The number of carbonyl (C=O) groups is 1. The summed E-state index contributed by atoms with van der Waals surface area (Å²) in [6.07, 6.45) is 8.78. The largest absolute Gasteiger partial charge is 0.335 e. The van der Waals surface area contributed by atoms with Gasteiger partial charge in [0.25, 0.3) is 0 Å². The first kappa shape index (κ1) is 17.5. The van der Waals surface area contributed by atoms with Crippen molar-refractivity contribution in [3.63, 3.8) is 0 Å². The normalized spacial score (nSPS) is 25.5. The summed E-state index contributed by atoms with van der Waals surface area (Å²) in [6, 6.07) is 6.51. The summed E-state index contributed by atoms with van der Waals surface area (Å²) < 4.78 is 0. The third kappa shape index (κ3) is 4.86. The first-order chi connectivity index (χ1) is 11.7. The quantitative estimate of drug-likeness (QED) is 0.909. The highest BCUT2D eigenvalue weighted by Gasteiger charge is 2.26. The van der Waals surface area contributed by atoms with Gasteiger partial charge >= 0.3 is 6.03 Å². The van der Waals surface area contributed by atoms with E-state index < -0.39 is 0 Å². The van der Waals surface area contributed by atoms with Gasteiger partial charge in [0, 0.05) is 50.2 Å². The molecule has 1 aliphatic heterocycles. The maximum atomic E-state index is 12.5. The molecule has 132 valence electrons. The van der Waals surface area contributed by atoms with Gasteiger partial charge in [0.15, 0.2) is 0 Å². The summed E-state index contributed by atoms with van der Waals surface area (Å²) in [5, 5.41) is 3.97. The summed E-state index contributed by atoms with van der Waals surface area (Å²) >= 11 is 1.94. The Morgan fingerprint density at radius 2 is 2.12 bits per heavy atom. The SMILES string of the molecule is CS[C@@H]1CCC[C@@H](NC(=O)N2CCN(Cc3ccccn3)CC2)C1. The van der Waals surface area contributed by atoms with Crippen molar-refractivity contribution < 1.29 is 4.79 Å². The van der Waals surface area contributed by atoms with E-state index in [1.54, 1.807) is 0 Å². The molecule has 2 aliphatic rings. The van der Waals surface area contributed by atoms with E-state index in [-0.39, 0.29) is 6.03 Å². The number of thioether (sulfide) groups is 1. The predicted octanol–water partition coefficient (Wildman–Crippen LogP) is 2.58. The van der Waals surface area contributed by atoms with Gasteiger partial charge < -0.3 is 10.2 Å². The van der Waals surface area contributed by atoms with Crippen LogP contribution in [0.3, 0.4) is 0 Å². The lowest BCUT2D eigenvalue weighted by atomic mass is 9.95. The zero-order chi connectivity index (χ0) is 16.8. The number of rotatable bonds is 4. The molecule has 2 heterocycles. The van der Waals surface area contributed by atoms with Crippen LogP contribution < -0.4 is 5.32 Å². The van der Waals surface area contributed by atoms with Crippen LogP contribution in [0.4, 0.5) is 4.79 Å². The van der Waals surface area contributed by atoms with Gasteiger partial charge in [0.2, 0.25) is 0 Å². The Balaban J connectivity index is 1.42. The van der Waals surface area contributed by atoms with Crippen molar-refractivity contribution in [2.45, 2.75) is 43.5 Å². The fourth-order valence-corrected chi connectivity index (χ4v) is 4.41. The Kier molecular flexibility index (Phi) is 6.37. The molecule has 1 saturated carbocycles. The van der Waals surface area contributed by atoms with Crippen LogP contribution in [0.2, 0.25) is 0 Å². The van der Waals surface area contributed by atoms with Gasteiger partial charge in [0.1, 0.15) is 0 Å². The summed E-state index contributed by atoms with van der Waals surface area (Å²) in [6.45, 7) is 4.31. The zero-order valence-corrected chi connectivity index (χ0v) is 15.3. The maximum absolute atomic E-state index is 12.5. The van der Waals surface area contributed by atoms with Gasteiger partial charge in [0.05, 0.1) is 5.69 Å². The van der Waals surface area contributed by atoms with E-state index in [0.29, 0.717) is 11.3 Å². The molecule has 0 radical (unpaired) electrons. The minimum absolute atomic E-state index is 0.124. The molecule has 5 nitrogen and oxygen atoms in total. The number of urea groups is 1. The molecule has 1 aromatic rings. The highest BCUT2D eigenvalue weighted by Crippen LogP contribution is 2.27. The number of nitrogens with one attached hydrogen (secondary N) is 1. The van der Waals surface area contributed by atoms with Gasteiger partial charge in [-0.1, -0.05) is 12.5 Å². The fourth-order valence-electron chi connectivity index (χ4n) is 3.59. The third-order valence-corrected chi connectivity index (χ3v) is 6.15. The van der Waals surface area contributed by atoms with E-state index in [1.807, 2.05) is 35.0 Å². The summed E-state index contributed by atoms with van der Waals surface area (Å²) in [5.74, 6) is 0. The number of hydrogen-bond donors (Lipinski definition) is 1. The Bertz CT molecular complexity index is 519. The van der Waals surface area contributed by atoms with Crippen LogP contribution in [-0.4, -0.2) is 64.5 Å². The number of pyridine rings is 1. The number of hydrogen-bond acceptors (Lipinski definition) is 4. The summed E-state index contributed by atoms with van der Waals surface area (Å²) in [7, 11) is 0. The van der Waals surface area contributed by atoms with Crippen LogP contribution in [-0.2, 0) is 6.54 Å². The van der Waals surface area contributed by atoms with E-state index in [1.165, 1.54) is 12.8 Å². The molecule has 24 heavy (non-hydrogen) atoms. The molecule has 1 saturated heterocycles. The van der Waals surface area contributed by atoms with Gasteiger partial charge in [-0.05, 0) is 37.7 Å². The third-order valence-electron chi connectivity index (χ3n) is 5.06. The molecule has 0 bridgehead atoms. The van der Waals surface area contributed by atoms with Crippen LogP contribution in [0.15, 0.2) is 24.4 Å². The zero-order valence-electron chi connectivity index (χ0n) is 14.5. The van der Waals surface area contributed by atoms with E-state index in [2.05, 4.69) is 27.5 Å². The van der Waals surface area contributed by atoms with Gasteiger partial charge in [-0.2, -0.15) is 11.8 Å². The molecule has 0 unspecified atom stereocenters. The molecule has 2 fully saturated rings. The van der Waals surface area contributed by atoms with Crippen LogP contribution in [0.1, 0.15) is 31.4 Å². The van der Waals surface area contributed by atoms with Crippen LogP contribution in [0, 0.1) is 0 Å². The number of aromatic nitrogens is 1. The monoisotopic (exact) mass is 348 g/mol. The molecule has 1 aliphatic carbocycles. The van der Waals surface area contributed by atoms with Crippen molar-refractivity contribution in [2.24, 2.45) is 0 Å². The van der Waals surface area contributed by atoms with Crippen LogP contribution in [0.25, 0.3) is 0 Å². The lowest BCUT2D eigenvalue weighted by Crippen LogP contribution is -2.53. The minimum Gasteiger partial charge on any atom is -0.335 e. The van der Waals surface area contributed by atoms with Gasteiger partial charge in [-0.3, -0.25) is 9.88 Å². The molecule has 1 aromatic heterocycles. The number of carbonyl (C=O) groups excluding carboxylic acids is 1. The lowest BCUT2D eigenvalue weighted by Gasteiger charge is -2.36. The van der Waals surface area contributed by atoms with Gasteiger partial charge in [-0.15, -0.1) is 0 Å². The second kappa shape index (κ2) is 8.72. The molecular formula is C18H28N4OS. The minimum atomic E-state index is 0.124. The molecule has 6 heteroatoms. The second-order valence-electron chi connectivity index (χ2n) is 6.76. The topological polar surface area (TPSA) is 48.5 Å². The van der Waals surface area contributed by atoms with Crippen LogP contribution in [0.5, 0.6) is 0 Å².